The summed E-state index contributed by atoms with van der Waals surface area (Å²) in [5.74, 6) is 0.876. The van der Waals surface area contributed by atoms with Crippen LogP contribution in [0.15, 0.2) is 18.2 Å². The van der Waals surface area contributed by atoms with E-state index in [1.807, 2.05) is 6.07 Å². The molecule has 0 spiro atoms. The van der Waals surface area contributed by atoms with E-state index in [1.54, 1.807) is 14.2 Å². The third kappa shape index (κ3) is 5.19. The van der Waals surface area contributed by atoms with E-state index in [0.717, 1.165) is 37.2 Å². The quantitative estimate of drug-likeness (QED) is 0.673. The number of nitrogens with two attached hydrogens (primary N) is 1. The molecule has 0 saturated carbocycles. The highest BCUT2D eigenvalue weighted by Gasteiger charge is 2.09. The standard InChI is InChI=1S/C15H26N2O2/c1-12(17-9-5-4-8-16)13-6-7-15(19-3)14(10-13)11-18-2/h6-7,10,12,17H,4-5,8-9,11,16H2,1-3H3. The number of hydrogen-bond donors (Lipinski definition) is 2. The lowest BCUT2D eigenvalue weighted by Gasteiger charge is -2.17. The smallest absolute Gasteiger partial charge is 0.124 e. The molecule has 0 aliphatic carbocycles. The second-order valence-corrected chi connectivity index (χ2v) is 4.68. The van der Waals surface area contributed by atoms with Crippen molar-refractivity contribution in [3.05, 3.63) is 29.3 Å². The average molecular weight is 266 g/mol. The van der Waals surface area contributed by atoms with Gasteiger partial charge in [-0.25, -0.2) is 0 Å². The predicted octanol–water partition coefficient (Wildman–Crippen LogP) is 2.23. The Labute approximate surface area is 116 Å². The molecular formula is C15H26N2O2. The SMILES string of the molecule is COCc1cc(C(C)NCCCCN)ccc1OC. The summed E-state index contributed by atoms with van der Waals surface area (Å²) < 4.78 is 10.5. The number of methoxy groups -OCH3 is 2. The molecule has 0 bridgehead atoms. The van der Waals surface area contributed by atoms with Gasteiger partial charge >= 0.3 is 0 Å². The molecule has 0 amide bonds. The Morgan fingerprint density at radius 3 is 2.68 bits per heavy atom. The molecule has 1 aromatic rings. The van der Waals surface area contributed by atoms with Crippen molar-refractivity contribution < 1.29 is 9.47 Å². The van der Waals surface area contributed by atoms with Crippen LogP contribution >= 0.6 is 0 Å². The second kappa shape index (κ2) is 8.91. The van der Waals surface area contributed by atoms with E-state index in [9.17, 15) is 0 Å². The van der Waals surface area contributed by atoms with Gasteiger partial charge in [-0.05, 0) is 50.6 Å². The lowest BCUT2D eigenvalue weighted by molar-refractivity contribution is 0.181. The number of rotatable bonds is 9. The Kier molecular flexibility index (Phi) is 7.48. The van der Waals surface area contributed by atoms with Crippen molar-refractivity contribution in [3.8, 4) is 5.75 Å². The fourth-order valence-corrected chi connectivity index (χ4v) is 2.04. The Balaban J connectivity index is 2.63. The third-order valence-corrected chi connectivity index (χ3v) is 3.19. The molecule has 3 N–H and O–H groups in total. The van der Waals surface area contributed by atoms with E-state index in [4.69, 9.17) is 15.2 Å². The Morgan fingerprint density at radius 2 is 2.05 bits per heavy atom. The van der Waals surface area contributed by atoms with Crippen LogP contribution in [0.5, 0.6) is 5.75 Å². The molecule has 0 aromatic heterocycles. The van der Waals surface area contributed by atoms with Crippen molar-refractivity contribution in [2.24, 2.45) is 5.73 Å². The topological polar surface area (TPSA) is 56.5 Å². The third-order valence-electron chi connectivity index (χ3n) is 3.19. The first-order valence-corrected chi connectivity index (χ1v) is 6.82. The van der Waals surface area contributed by atoms with Gasteiger partial charge in [0.1, 0.15) is 5.75 Å². The van der Waals surface area contributed by atoms with E-state index in [0.29, 0.717) is 12.6 Å². The number of hydrogen-bond acceptors (Lipinski definition) is 4. The van der Waals surface area contributed by atoms with Crippen molar-refractivity contribution in [2.45, 2.75) is 32.4 Å². The highest BCUT2D eigenvalue weighted by atomic mass is 16.5. The van der Waals surface area contributed by atoms with Crippen LogP contribution in [0.25, 0.3) is 0 Å². The average Bonchev–Trinajstić information content (AvgIpc) is 2.43. The van der Waals surface area contributed by atoms with Crippen LogP contribution in [0.2, 0.25) is 0 Å². The van der Waals surface area contributed by atoms with Gasteiger partial charge in [0.2, 0.25) is 0 Å². The molecule has 0 fully saturated rings. The first-order valence-electron chi connectivity index (χ1n) is 6.82. The van der Waals surface area contributed by atoms with Gasteiger partial charge in [-0.15, -0.1) is 0 Å². The van der Waals surface area contributed by atoms with Crippen LogP contribution in [0.4, 0.5) is 0 Å². The first-order chi connectivity index (χ1) is 9.22. The molecule has 0 saturated heterocycles. The van der Waals surface area contributed by atoms with E-state index in [2.05, 4.69) is 24.4 Å². The Morgan fingerprint density at radius 1 is 1.26 bits per heavy atom. The largest absolute Gasteiger partial charge is 0.496 e. The zero-order valence-electron chi connectivity index (χ0n) is 12.2. The normalized spacial score (nSPS) is 12.4. The molecule has 1 atom stereocenters. The maximum Gasteiger partial charge on any atom is 0.124 e. The lowest BCUT2D eigenvalue weighted by Crippen LogP contribution is -2.20. The van der Waals surface area contributed by atoms with Crippen molar-refractivity contribution >= 4 is 0 Å². The summed E-state index contributed by atoms with van der Waals surface area (Å²) in [6, 6.07) is 6.56. The summed E-state index contributed by atoms with van der Waals surface area (Å²) in [6.07, 6.45) is 2.18. The van der Waals surface area contributed by atoms with Gasteiger partial charge in [-0.2, -0.15) is 0 Å². The first kappa shape index (κ1) is 16.0. The van der Waals surface area contributed by atoms with E-state index < -0.39 is 0 Å². The van der Waals surface area contributed by atoms with Crippen LogP contribution in [0, 0.1) is 0 Å². The van der Waals surface area contributed by atoms with Gasteiger partial charge in [-0.3, -0.25) is 0 Å². The van der Waals surface area contributed by atoms with Crippen LogP contribution in [0.3, 0.4) is 0 Å². The van der Waals surface area contributed by atoms with Gasteiger partial charge < -0.3 is 20.5 Å². The number of nitrogens with one attached hydrogen (secondary N) is 1. The molecule has 0 aliphatic rings. The molecule has 19 heavy (non-hydrogen) atoms. The fourth-order valence-electron chi connectivity index (χ4n) is 2.04. The number of unbranched alkanes of at least 4 members (excludes halogenated alkanes) is 1. The molecule has 0 aliphatic heterocycles. The van der Waals surface area contributed by atoms with Crippen molar-refractivity contribution in [3.63, 3.8) is 0 Å². The van der Waals surface area contributed by atoms with Crippen LogP contribution in [-0.2, 0) is 11.3 Å². The van der Waals surface area contributed by atoms with E-state index >= 15 is 0 Å². The van der Waals surface area contributed by atoms with Crippen LogP contribution in [0.1, 0.15) is 36.9 Å². The molecular weight excluding hydrogens is 240 g/mol. The summed E-state index contributed by atoms with van der Waals surface area (Å²) >= 11 is 0. The molecule has 0 heterocycles. The molecule has 1 rings (SSSR count). The molecule has 1 aromatic carbocycles. The molecule has 108 valence electrons. The maximum atomic E-state index is 5.49. The van der Waals surface area contributed by atoms with Gasteiger partial charge in [-0.1, -0.05) is 6.07 Å². The highest BCUT2D eigenvalue weighted by Crippen LogP contribution is 2.24. The van der Waals surface area contributed by atoms with Crippen molar-refractivity contribution in [1.82, 2.24) is 5.32 Å². The minimum absolute atomic E-state index is 0.319. The Hall–Kier alpha value is -1.10. The van der Waals surface area contributed by atoms with Gasteiger partial charge in [0.05, 0.1) is 13.7 Å². The zero-order chi connectivity index (χ0) is 14.1. The minimum Gasteiger partial charge on any atom is -0.496 e. The minimum atomic E-state index is 0.319. The van der Waals surface area contributed by atoms with Crippen LogP contribution < -0.4 is 15.8 Å². The molecule has 4 heteroatoms. The molecule has 0 radical (unpaired) electrons. The second-order valence-electron chi connectivity index (χ2n) is 4.68. The van der Waals surface area contributed by atoms with Gasteiger partial charge in [0, 0.05) is 18.7 Å². The summed E-state index contributed by atoms with van der Waals surface area (Å²) in [4.78, 5) is 0. The number of benzene rings is 1. The molecule has 4 nitrogen and oxygen atoms in total. The molecule has 1 unspecified atom stereocenters. The Bertz CT molecular complexity index is 369. The van der Waals surface area contributed by atoms with Gasteiger partial charge in [0.25, 0.3) is 0 Å². The summed E-state index contributed by atoms with van der Waals surface area (Å²) in [6.45, 7) is 4.48. The van der Waals surface area contributed by atoms with Crippen LogP contribution in [-0.4, -0.2) is 27.3 Å². The van der Waals surface area contributed by atoms with Gasteiger partial charge in [0.15, 0.2) is 0 Å². The monoisotopic (exact) mass is 266 g/mol. The highest BCUT2D eigenvalue weighted by molar-refractivity contribution is 5.38. The predicted molar refractivity (Wildman–Crippen MR) is 78.4 cm³/mol. The van der Waals surface area contributed by atoms with Crippen molar-refractivity contribution in [1.29, 1.82) is 0 Å². The zero-order valence-corrected chi connectivity index (χ0v) is 12.2. The van der Waals surface area contributed by atoms with Crippen molar-refractivity contribution in [2.75, 3.05) is 27.3 Å². The maximum absolute atomic E-state index is 5.49. The lowest BCUT2D eigenvalue weighted by atomic mass is 10.0. The van der Waals surface area contributed by atoms with E-state index in [-0.39, 0.29) is 0 Å². The summed E-state index contributed by atoms with van der Waals surface area (Å²) in [5.41, 5.74) is 7.82. The summed E-state index contributed by atoms with van der Waals surface area (Å²) in [7, 11) is 3.38. The van der Waals surface area contributed by atoms with E-state index in [1.165, 1.54) is 5.56 Å². The number of ether oxygens (including phenoxy) is 2. The summed E-state index contributed by atoms with van der Waals surface area (Å²) in [5, 5.41) is 3.50. The fraction of sp³-hybridized carbons (Fsp3) is 0.600.